The standard InChI is InChI=1S/C14H30O8SSi/c1-14(2,3)24(6,7)20-8-9-12(22-23(5,17)18)10(15)11(16)13(19-4)21-9/h9-13,15-16H,8H2,1-7H3/t9-,10-,11-,12+,13+/m1/s1. The molecule has 1 aliphatic heterocycles. The van der Waals surface area contributed by atoms with E-state index in [1.54, 1.807) is 0 Å². The Bertz CT molecular complexity index is 515. The molecule has 0 aromatic heterocycles. The van der Waals surface area contributed by atoms with Crippen molar-refractivity contribution in [2.75, 3.05) is 20.0 Å². The van der Waals surface area contributed by atoms with E-state index in [-0.39, 0.29) is 11.6 Å². The van der Waals surface area contributed by atoms with Gasteiger partial charge in [-0.05, 0) is 18.1 Å². The molecule has 0 radical (unpaired) electrons. The minimum atomic E-state index is -3.86. The molecular formula is C14H30O8SSi. The molecule has 10 heteroatoms. The van der Waals surface area contributed by atoms with Gasteiger partial charge in [-0.25, -0.2) is 0 Å². The molecule has 0 unspecified atom stereocenters. The zero-order valence-corrected chi connectivity index (χ0v) is 17.2. The van der Waals surface area contributed by atoms with Crippen LogP contribution < -0.4 is 0 Å². The summed E-state index contributed by atoms with van der Waals surface area (Å²) in [5.74, 6) is 0. The highest BCUT2D eigenvalue weighted by atomic mass is 32.2. The van der Waals surface area contributed by atoms with Crippen LogP contribution in [0.4, 0.5) is 0 Å². The number of hydrogen-bond acceptors (Lipinski definition) is 8. The zero-order valence-electron chi connectivity index (χ0n) is 15.3. The first-order chi connectivity index (χ1) is 10.7. The highest BCUT2D eigenvalue weighted by molar-refractivity contribution is 7.86. The van der Waals surface area contributed by atoms with Crippen molar-refractivity contribution in [3.63, 3.8) is 0 Å². The van der Waals surface area contributed by atoms with Crippen LogP contribution in [0.5, 0.6) is 0 Å². The van der Waals surface area contributed by atoms with E-state index in [1.165, 1.54) is 7.11 Å². The summed E-state index contributed by atoms with van der Waals surface area (Å²) in [6.07, 6.45) is -5.28. The number of methoxy groups -OCH3 is 1. The van der Waals surface area contributed by atoms with Crippen molar-refractivity contribution in [3.05, 3.63) is 0 Å². The molecule has 144 valence electrons. The lowest BCUT2D eigenvalue weighted by atomic mass is 9.99. The molecular weight excluding hydrogens is 356 g/mol. The molecule has 1 aliphatic rings. The van der Waals surface area contributed by atoms with Gasteiger partial charge in [-0.15, -0.1) is 0 Å². The van der Waals surface area contributed by atoms with Gasteiger partial charge < -0.3 is 24.1 Å². The lowest BCUT2D eigenvalue weighted by Gasteiger charge is -2.43. The van der Waals surface area contributed by atoms with Crippen LogP contribution in [0.15, 0.2) is 0 Å². The average Bonchev–Trinajstić information content (AvgIpc) is 2.40. The average molecular weight is 387 g/mol. The maximum Gasteiger partial charge on any atom is 0.264 e. The highest BCUT2D eigenvalue weighted by Crippen LogP contribution is 2.37. The van der Waals surface area contributed by atoms with E-state index < -0.39 is 49.1 Å². The second-order valence-electron chi connectivity index (χ2n) is 7.60. The maximum atomic E-state index is 11.5. The Hall–Kier alpha value is -0.0731. The molecule has 0 spiro atoms. The van der Waals surface area contributed by atoms with Crippen LogP contribution in [-0.4, -0.2) is 77.6 Å². The monoisotopic (exact) mass is 386 g/mol. The predicted molar refractivity (Wildman–Crippen MR) is 90.5 cm³/mol. The topological polar surface area (TPSA) is 112 Å². The van der Waals surface area contributed by atoms with E-state index in [0.29, 0.717) is 0 Å². The summed E-state index contributed by atoms with van der Waals surface area (Å²) in [5.41, 5.74) is 0. The number of hydrogen-bond donors (Lipinski definition) is 2. The Morgan fingerprint density at radius 3 is 2.12 bits per heavy atom. The second-order valence-corrected chi connectivity index (χ2v) is 14.0. The maximum absolute atomic E-state index is 11.5. The summed E-state index contributed by atoms with van der Waals surface area (Å²) in [7, 11) is -4.65. The van der Waals surface area contributed by atoms with Crippen molar-refractivity contribution in [2.24, 2.45) is 0 Å². The van der Waals surface area contributed by atoms with Crippen LogP contribution in [0.1, 0.15) is 20.8 Å². The van der Waals surface area contributed by atoms with Gasteiger partial charge in [-0.1, -0.05) is 20.8 Å². The third-order valence-electron chi connectivity index (χ3n) is 4.57. The van der Waals surface area contributed by atoms with Gasteiger partial charge >= 0.3 is 0 Å². The molecule has 0 saturated carbocycles. The van der Waals surface area contributed by atoms with Gasteiger partial charge in [0.2, 0.25) is 0 Å². The van der Waals surface area contributed by atoms with Crippen molar-refractivity contribution < 1.29 is 36.7 Å². The Kier molecular flexibility index (Phi) is 7.01. The summed E-state index contributed by atoms with van der Waals surface area (Å²) in [4.78, 5) is 0. The third kappa shape index (κ3) is 5.46. The first-order valence-corrected chi connectivity index (χ1v) is 12.5. The number of ether oxygens (including phenoxy) is 2. The summed E-state index contributed by atoms with van der Waals surface area (Å²) < 4.78 is 44.5. The van der Waals surface area contributed by atoms with Crippen molar-refractivity contribution in [2.45, 2.75) is 69.6 Å². The van der Waals surface area contributed by atoms with Crippen molar-refractivity contribution in [1.82, 2.24) is 0 Å². The van der Waals surface area contributed by atoms with Gasteiger partial charge in [0.15, 0.2) is 14.6 Å². The van der Waals surface area contributed by atoms with E-state index in [9.17, 15) is 18.6 Å². The fraction of sp³-hybridized carbons (Fsp3) is 1.00. The SMILES string of the molecule is CO[C@H]1O[C@H](CO[Si](C)(C)C(C)(C)C)[C@H](OS(C)(=O)=O)[C@H](O)[C@H]1O. The summed E-state index contributed by atoms with van der Waals surface area (Å²) in [5, 5.41) is 20.1. The molecule has 0 aromatic carbocycles. The molecule has 0 bridgehead atoms. The highest BCUT2D eigenvalue weighted by Gasteiger charge is 2.48. The quantitative estimate of drug-likeness (QED) is 0.500. The fourth-order valence-electron chi connectivity index (χ4n) is 2.06. The first kappa shape index (κ1) is 22.0. The van der Waals surface area contributed by atoms with Crippen LogP contribution in [0.3, 0.4) is 0 Å². The molecule has 0 aromatic rings. The molecule has 8 nitrogen and oxygen atoms in total. The van der Waals surface area contributed by atoms with Crippen LogP contribution in [-0.2, 0) is 28.2 Å². The second kappa shape index (κ2) is 7.66. The molecule has 5 atom stereocenters. The third-order valence-corrected chi connectivity index (χ3v) is 9.65. The molecule has 1 saturated heterocycles. The fourth-order valence-corrected chi connectivity index (χ4v) is 3.72. The molecule has 1 heterocycles. The van der Waals surface area contributed by atoms with E-state index in [4.69, 9.17) is 18.1 Å². The Morgan fingerprint density at radius 2 is 1.71 bits per heavy atom. The van der Waals surface area contributed by atoms with Crippen molar-refractivity contribution in [1.29, 1.82) is 0 Å². The Balaban J connectivity index is 2.96. The van der Waals surface area contributed by atoms with Gasteiger partial charge in [-0.3, -0.25) is 4.18 Å². The van der Waals surface area contributed by atoms with Crippen molar-refractivity contribution in [3.8, 4) is 0 Å². The van der Waals surface area contributed by atoms with Crippen LogP contribution >= 0.6 is 0 Å². The number of rotatable bonds is 6. The minimum Gasteiger partial charge on any atom is -0.414 e. The first-order valence-electron chi connectivity index (χ1n) is 7.76. The van der Waals surface area contributed by atoms with E-state index >= 15 is 0 Å². The van der Waals surface area contributed by atoms with Crippen molar-refractivity contribution >= 4 is 18.4 Å². The van der Waals surface area contributed by atoms with E-state index in [0.717, 1.165) is 6.26 Å². The summed E-state index contributed by atoms with van der Waals surface area (Å²) in [6, 6.07) is 0. The van der Waals surface area contributed by atoms with Gasteiger partial charge in [-0.2, -0.15) is 8.42 Å². The zero-order chi connectivity index (χ0) is 18.9. The number of aliphatic hydroxyl groups is 2. The van der Waals surface area contributed by atoms with Crippen LogP contribution in [0, 0.1) is 0 Å². The number of aliphatic hydroxyl groups excluding tert-OH is 2. The Morgan fingerprint density at radius 1 is 1.17 bits per heavy atom. The lowest BCUT2D eigenvalue weighted by molar-refractivity contribution is -0.288. The smallest absolute Gasteiger partial charge is 0.264 e. The molecule has 1 rings (SSSR count). The molecule has 0 aliphatic carbocycles. The van der Waals surface area contributed by atoms with Gasteiger partial charge in [0, 0.05) is 7.11 Å². The van der Waals surface area contributed by atoms with E-state index in [1.807, 2.05) is 13.1 Å². The van der Waals surface area contributed by atoms with Gasteiger partial charge in [0.1, 0.15) is 24.4 Å². The molecule has 2 N–H and O–H groups in total. The summed E-state index contributed by atoms with van der Waals surface area (Å²) in [6.45, 7) is 10.3. The van der Waals surface area contributed by atoms with Gasteiger partial charge in [0.25, 0.3) is 10.1 Å². The largest absolute Gasteiger partial charge is 0.414 e. The summed E-state index contributed by atoms with van der Waals surface area (Å²) >= 11 is 0. The normalized spacial score (nSPS) is 32.8. The molecule has 0 amide bonds. The molecule has 1 fully saturated rings. The lowest BCUT2D eigenvalue weighted by Crippen LogP contribution is -2.61. The van der Waals surface area contributed by atoms with Crippen LogP contribution in [0.2, 0.25) is 18.1 Å². The molecule has 24 heavy (non-hydrogen) atoms. The predicted octanol–water partition coefficient (Wildman–Crippen LogP) is 0.446. The van der Waals surface area contributed by atoms with Crippen LogP contribution in [0.25, 0.3) is 0 Å². The Labute approximate surface area is 145 Å². The minimum absolute atomic E-state index is 0.0281. The van der Waals surface area contributed by atoms with Gasteiger partial charge in [0.05, 0.1) is 12.9 Å². The van der Waals surface area contributed by atoms with E-state index in [2.05, 4.69) is 20.8 Å².